The number of Topliss-reactive ketones (excluding diaryl/α,β-unsaturated/α-hetero) is 1. The van der Waals surface area contributed by atoms with Gasteiger partial charge in [0.2, 0.25) is 0 Å². The molecule has 0 bridgehead atoms. The predicted molar refractivity (Wildman–Crippen MR) is 82.8 cm³/mol. The van der Waals surface area contributed by atoms with Gasteiger partial charge < -0.3 is 0 Å². The number of carbonyl (C=O) groups is 1. The largest absolute Gasteiger partial charge is 0.294 e. The van der Waals surface area contributed by atoms with Gasteiger partial charge in [0.1, 0.15) is 0 Å². The van der Waals surface area contributed by atoms with E-state index in [1.807, 2.05) is 30.3 Å². The Morgan fingerprint density at radius 1 is 1.15 bits per heavy atom. The first kappa shape index (κ1) is 15.2. The molecule has 0 aliphatic carbocycles. The van der Waals surface area contributed by atoms with Gasteiger partial charge in [-0.25, -0.2) is 4.39 Å². The fourth-order valence-corrected chi connectivity index (χ4v) is 2.44. The lowest BCUT2D eigenvalue weighted by Crippen LogP contribution is -2.04. The third-order valence-corrected chi connectivity index (χ3v) is 4.31. The van der Waals surface area contributed by atoms with Gasteiger partial charge in [-0.15, -0.1) is 0 Å². The molecule has 4 heteroatoms. The van der Waals surface area contributed by atoms with Crippen LogP contribution in [0.3, 0.4) is 0 Å². The minimum Gasteiger partial charge on any atom is -0.294 e. The Morgan fingerprint density at radius 3 is 2.55 bits per heavy atom. The van der Waals surface area contributed by atoms with Gasteiger partial charge in [0.25, 0.3) is 0 Å². The van der Waals surface area contributed by atoms with Crippen molar-refractivity contribution in [3.05, 3.63) is 68.9 Å². The first-order chi connectivity index (χ1) is 9.59. The van der Waals surface area contributed by atoms with E-state index in [2.05, 4.69) is 15.9 Å². The Bertz CT molecular complexity index is 613. The van der Waals surface area contributed by atoms with Crippen LogP contribution < -0.4 is 0 Å². The first-order valence-electron chi connectivity index (χ1n) is 6.30. The van der Waals surface area contributed by atoms with Crippen LogP contribution in [0.4, 0.5) is 4.39 Å². The monoisotopic (exact) mass is 354 g/mol. The zero-order valence-corrected chi connectivity index (χ0v) is 13.0. The van der Waals surface area contributed by atoms with Crippen molar-refractivity contribution < 1.29 is 9.18 Å². The van der Waals surface area contributed by atoms with E-state index >= 15 is 0 Å². The number of aryl methyl sites for hydroxylation is 1. The number of rotatable bonds is 5. The van der Waals surface area contributed by atoms with Crippen molar-refractivity contribution in [3.63, 3.8) is 0 Å². The lowest BCUT2D eigenvalue weighted by atomic mass is 10.0. The van der Waals surface area contributed by atoms with Crippen LogP contribution in [0.15, 0.2) is 46.9 Å². The number of hydrogen-bond acceptors (Lipinski definition) is 1. The summed E-state index contributed by atoms with van der Waals surface area (Å²) >= 11 is 8.91. The molecular formula is C16H13BrClFO. The quantitative estimate of drug-likeness (QED) is 0.515. The van der Waals surface area contributed by atoms with Gasteiger partial charge in [0.05, 0.1) is 10.6 Å². The van der Waals surface area contributed by atoms with Crippen LogP contribution in [0, 0.1) is 5.82 Å². The van der Waals surface area contributed by atoms with Crippen LogP contribution in [-0.2, 0) is 6.42 Å². The standard InChI is InChI=1S/C16H13BrClFO/c17-13-10-9-12(16(19)15(13)18)14(20)8-4-7-11-5-2-1-3-6-11/h1-3,5-6,9-10H,4,7-8H2. The molecule has 20 heavy (non-hydrogen) atoms. The number of halogens is 3. The number of hydrogen-bond donors (Lipinski definition) is 0. The second kappa shape index (κ2) is 7.00. The summed E-state index contributed by atoms with van der Waals surface area (Å²) in [6.07, 6.45) is 1.80. The zero-order chi connectivity index (χ0) is 14.5. The number of carbonyl (C=O) groups excluding carboxylic acids is 1. The summed E-state index contributed by atoms with van der Waals surface area (Å²) in [5.41, 5.74) is 1.24. The zero-order valence-electron chi connectivity index (χ0n) is 10.7. The van der Waals surface area contributed by atoms with Crippen LogP contribution >= 0.6 is 27.5 Å². The number of ketones is 1. The van der Waals surface area contributed by atoms with Crippen molar-refractivity contribution in [3.8, 4) is 0 Å². The van der Waals surface area contributed by atoms with Crippen molar-refractivity contribution in [2.45, 2.75) is 19.3 Å². The predicted octanol–water partition coefficient (Wildman–Crippen LogP) is 5.45. The molecule has 2 aromatic carbocycles. The van der Waals surface area contributed by atoms with E-state index in [1.54, 1.807) is 6.07 Å². The molecule has 0 radical (unpaired) electrons. The van der Waals surface area contributed by atoms with E-state index in [-0.39, 0.29) is 16.4 Å². The number of benzene rings is 2. The normalized spacial score (nSPS) is 10.6. The Hall–Kier alpha value is -1.19. The molecule has 0 aliphatic rings. The fraction of sp³-hybridized carbons (Fsp3) is 0.188. The maximum absolute atomic E-state index is 13.9. The Balaban J connectivity index is 1.97. The van der Waals surface area contributed by atoms with Crippen LogP contribution in [0.25, 0.3) is 0 Å². The highest BCUT2D eigenvalue weighted by molar-refractivity contribution is 9.10. The smallest absolute Gasteiger partial charge is 0.165 e. The molecule has 0 aliphatic heterocycles. The Labute approximate surface area is 130 Å². The summed E-state index contributed by atoms with van der Waals surface area (Å²) in [4.78, 5) is 12.0. The average Bonchev–Trinajstić information content (AvgIpc) is 2.46. The maximum atomic E-state index is 13.9. The van der Waals surface area contributed by atoms with E-state index in [4.69, 9.17) is 11.6 Å². The van der Waals surface area contributed by atoms with Crippen molar-refractivity contribution in [1.29, 1.82) is 0 Å². The lowest BCUT2D eigenvalue weighted by molar-refractivity contribution is 0.0976. The van der Waals surface area contributed by atoms with E-state index in [9.17, 15) is 9.18 Å². The van der Waals surface area contributed by atoms with Gasteiger partial charge in [-0.3, -0.25) is 4.79 Å². The SMILES string of the molecule is O=C(CCCc1ccccc1)c1ccc(Br)c(Cl)c1F. The van der Waals surface area contributed by atoms with E-state index in [0.717, 1.165) is 6.42 Å². The molecule has 2 rings (SSSR count). The minimum absolute atomic E-state index is 0.0427. The molecule has 1 nitrogen and oxygen atoms in total. The van der Waals surface area contributed by atoms with Gasteiger partial charge in [-0.1, -0.05) is 41.9 Å². The highest BCUT2D eigenvalue weighted by Crippen LogP contribution is 2.28. The summed E-state index contributed by atoms with van der Waals surface area (Å²) in [5.74, 6) is -0.862. The summed E-state index contributed by atoms with van der Waals surface area (Å²) in [5, 5.41) is -0.0427. The lowest BCUT2D eigenvalue weighted by Gasteiger charge is -2.05. The highest BCUT2D eigenvalue weighted by atomic mass is 79.9. The molecule has 0 saturated heterocycles. The van der Waals surface area contributed by atoms with Gasteiger partial charge in [0, 0.05) is 10.9 Å². The summed E-state index contributed by atoms with van der Waals surface area (Å²) in [6.45, 7) is 0. The van der Waals surface area contributed by atoms with Gasteiger partial charge in [-0.05, 0) is 46.5 Å². The van der Waals surface area contributed by atoms with E-state index in [1.165, 1.54) is 11.6 Å². The summed E-state index contributed by atoms with van der Waals surface area (Å²) in [6, 6.07) is 13.0. The molecule has 0 amide bonds. The molecule has 0 N–H and O–H groups in total. The van der Waals surface area contributed by atoms with Crippen molar-refractivity contribution in [1.82, 2.24) is 0 Å². The molecular weight excluding hydrogens is 343 g/mol. The molecule has 0 unspecified atom stereocenters. The summed E-state index contributed by atoms with van der Waals surface area (Å²) < 4.78 is 14.3. The second-order valence-corrected chi connectivity index (χ2v) is 5.72. The summed E-state index contributed by atoms with van der Waals surface area (Å²) in [7, 11) is 0. The van der Waals surface area contributed by atoms with Crippen molar-refractivity contribution >= 4 is 33.3 Å². The van der Waals surface area contributed by atoms with Gasteiger partial charge in [0.15, 0.2) is 11.6 Å². The fourth-order valence-electron chi connectivity index (χ4n) is 1.97. The van der Waals surface area contributed by atoms with Crippen LogP contribution in [0.5, 0.6) is 0 Å². The first-order valence-corrected chi connectivity index (χ1v) is 7.47. The average molecular weight is 356 g/mol. The van der Waals surface area contributed by atoms with Crippen LogP contribution in [0.2, 0.25) is 5.02 Å². The Morgan fingerprint density at radius 2 is 1.85 bits per heavy atom. The minimum atomic E-state index is -0.647. The molecule has 0 heterocycles. The molecule has 104 valence electrons. The molecule has 0 aromatic heterocycles. The van der Waals surface area contributed by atoms with Crippen LogP contribution in [-0.4, -0.2) is 5.78 Å². The third-order valence-electron chi connectivity index (χ3n) is 3.05. The molecule has 2 aromatic rings. The Kier molecular flexibility index (Phi) is 5.32. The van der Waals surface area contributed by atoms with Crippen molar-refractivity contribution in [2.24, 2.45) is 0 Å². The van der Waals surface area contributed by atoms with Gasteiger partial charge >= 0.3 is 0 Å². The van der Waals surface area contributed by atoms with Crippen molar-refractivity contribution in [2.75, 3.05) is 0 Å². The topological polar surface area (TPSA) is 17.1 Å². The molecule has 0 fully saturated rings. The van der Waals surface area contributed by atoms with Crippen LogP contribution in [0.1, 0.15) is 28.8 Å². The van der Waals surface area contributed by atoms with Gasteiger partial charge in [-0.2, -0.15) is 0 Å². The highest BCUT2D eigenvalue weighted by Gasteiger charge is 2.16. The molecule has 0 spiro atoms. The third kappa shape index (κ3) is 3.68. The molecule has 0 atom stereocenters. The molecule has 0 saturated carbocycles. The second-order valence-electron chi connectivity index (χ2n) is 4.49. The van der Waals surface area contributed by atoms with E-state index < -0.39 is 5.82 Å². The maximum Gasteiger partial charge on any atom is 0.165 e. The van der Waals surface area contributed by atoms with E-state index in [0.29, 0.717) is 17.3 Å².